The number of nitrogens with one attached hydrogen (secondary N) is 1. The lowest BCUT2D eigenvalue weighted by Gasteiger charge is -2.07. The van der Waals surface area contributed by atoms with Crippen LogP contribution >= 0.6 is 11.3 Å². The minimum atomic E-state index is -0.0580. The zero-order valence-electron chi connectivity index (χ0n) is 12.1. The Kier molecular flexibility index (Phi) is 4.89. The molecule has 6 heteroatoms. The second-order valence-corrected chi connectivity index (χ2v) is 5.51. The van der Waals surface area contributed by atoms with E-state index >= 15 is 0 Å². The zero-order valence-corrected chi connectivity index (χ0v) is 13.0. The number of aromatic nitrogens is 3. The van der Waals surface area contributed by atoms with E-state index in [9.17, 15) is 4.79 Å². The van der Waals surface area contributed by atoms with Gasteiger partial charge >= 0.3 is 0 Å². The van der Waals surface area contributed by atoms with Crippen LogP contribution in [0, 0.1) is 6.92 Å². The smallest absolute Gasteiger partial charge is 0.276 e. The largest absolute Gasteiger partial charge is 0.362 e. The highest BCUT2D eigenvalue weighted by molar-refractivity contribution is 7.14. The van der Waals surface area contributed by atoms with E-state index in [1.807, 2.05) is 25.3 Å². The van der Waals surface area contributed by atoms with Crippen LogP contribution in [-0.4, -0.2) is 21.3 Å². The molecule has 1 N–H and O–H groups in total. The Morgan fingerprint density at radius 1 is 1.40 bits per heavy atom. The third kappa shape index (κ3) is 3.25. The Bertz CT molecular complexity index is 632. The van der Waals surface area contributed by atoms with Crippen molar-refractivity contribution in [3.05, 3.63) is 27.5 Å². The van der Waals surface area contributed by atoms with E-state index in [0.29, 0.717) is 12.1 Å². The summed E-state index contributed by atoms with van der Waals surface area (Å²) in [5.74, 6) is 0. The fourth-order valence-corrected chi connectivity index (χ4v) is 2.73. The zero-order chi connectivity index (χ0) is 14.5. The van der Waals surface area contributed by atoms with Crippen molar-refractivity contribution in [2.45, 2.75) is 40.2 Å². The molecule has 0 fully saturated rings. The van der Waals surface area contributed by atoms with E-state index in [1.165, 1.54) is 11.3 Å². The molecular weight excluding hydrogens is 272 g/mol. The summed E-state index contributed by atoms with van der Waals surface area (Å²) in [5.41, 5.74) is 2.15. The molecule has 20 heavy (non-hydrogen) atoms. The summed E-state index contributed by atoms with van der Waals surface area (Å²) in [7, 11) is 0. The Morgan fingerprint density at radius 2 is 2.20 bits per heavy atom. The van der Waals surface area contributed by atoms with Crippen molar-refractivity contribution in [2.75, 3.05) is 11.9 Å². The second-order valence-electron chi connectivity index (χ2n) is 4.65. The van der Waals surface area contributed by atoms with Gasteiger partial charge in [-0.3, -0.25) is 4.79 Å². The fraction of sp³-hybridized carbons (Fsp3) is 0.500. The van der Waals surface area contributed by atoms with Gasteiger partial charge in [0.05, 0.1) is 17.0 Å². The number of hydrogen-bond donors (Lipinski definition) is 1. The summed E-state index contributed by atoms with van der Waals surface area (Å²) in [5, 5.41) is 10.2. The molecular formula is C14H20N4OS. The van der Waals surface area contributed by atoms with Crippen LogP contribution in [0.15, 0.2) is 16.2 Å². The average Bonchev–Trinajstić information content (AvgIpc) is 2.88. The normalized spacial score (nSPS) is 10.8. The summed E-state index contributed by atoms with van der Waals surface area (Å²) in [4.78, 5) is 16.9. The highest BCUT2D eigenvalue weighted by Crippen LogP contribution is 2.22. The van der Waals surface area contributed by atoms with Gasteiger partial charge in [-0.05, 0) is 26.3 Å². The third-order valence-electron chi connectivity index (χ3n) is 2.93. The van der Waals surface area contributed by atoms with Gasteiger partial charge in [0.15, 0.2) is 5.13 Å². The summed E-state index contributed by atoms with van der Waals surface area (Å²) < 4.78 is 1.56. The van der Waals surface area contributed by atoms with Crippen LogP contribution in [0.1, 0.15) is 32.4 Å². The van der Waals surface area contributed by atoms with Crippen molar-refractivity contribution in [1.29, 1.82) is 0 Å². The summed E-state index contributed by atoms with van der Waals surface area (Å²) in [6.07, 6.45) is 1.99. The quantitative estimate of drug-likeness (QED) is 0.889. The molecule has 0 amide bonds. The highest BCUT2D eigenvalue weighted by Gasteiger charge is 2.12. The van der Waals surface area contributed by atoms with E-state index in [1.54, 1.807) is 4.68 Å². The molecule has 108 valence electrons. The van der Waals surface area contributed by atoms with Gasteiger partial charge in [-0.1, -0.05) is 13.3 Å². The SMILES string of the molecule is CCCCn1nc(C)cc(-c2csc(NCC)n2)c1=O. The molecule has 0 unspecified atom stereocenters. The number of rotatable bonds is 6. The van der Waals surface area contributed by atoms with Crippen molar-refractivity contribution in [1.82, 2.24) is 14.8 Å². The standard InChI is InChI=1S/C14H20N4OS/c1-4-6-7-18-13(19)11(8-10(3)17-18)12-9-20-14(16-12)15-5-2/h8-9H,4-7H2,1-3H3,(H,15,16). The van der Waals surface area contributed by atoms with Crippen molar-refractivity contribution >= 4 is 16.5 Å². The molecule has 0 aliphatic rings. The molecule has 0 radical (unpaired) electrons. The lowest BCUT2D eigenvalue weighted by molar-refractivity contribution is 0.538. The third-order valence-corrected chi connectivity index (χ3v) is 3.73. The van der Waals surface area contributed by atoms with Gasteiger partial charge in [-0.25, -0.2) is 9.67 Å². The van der Waals surface area contributed by atoms with E-state index in [4.69, 9.17) is 0 Å². The number of unbranched alkanes of at least 4 members (excludes halogenated alkanes) is 1. The van der Waals surface area contributed by atoms with Crippen molar-refractivity contribution in [3.8, 4) is 11.3 Å². The van der Waals surface area contributed by atoms with Gasteiger partial charge in [0.1, 0.15) is 0 Å². The minimum Gasteiger partial charge on any atom is -0.362 e. The molecule has 0 atom stereocenters. The number of thiazole rings is 1. The molecule has 0 spiro atoms. The topological polar surface area (TPSA) is 59.8 Å². The number of hydrogen-bond acceptors (Lipinski definition) is 5. The minimum absolute atomic E-state index is 0.0580. The molecule has 5 nitrogen and oxygen atoms in total. The van der Waals surface area contributed by atoms with Crippen LogP contribution in [0.2, 0.25) is 0 Å². The highest BCUT2D eigenvalue weighted by atomic mass is 32.1. The van der Waals surface area contributed by atoms with Crippen LogP contribution in [0.5, 0.6) is 0 Å². The van der Waals surface area contributed by atoms with Gasteiger partial charge in [0.2, 0.25) is 0 Å². The van der Waals surface area contributed by atoms with Crippen molar-refractivity contribution in [3.63, 3.8) is 0 Å². The monoisotopic (exact) mass is 292 g/mol. The Hall–Kier alpha value is -1.69. The van der Waals surface area contributed by atoms with Crippen LogP contribution in [-0.2, 0) is 6.54 Å². The molecule has 0 saturated carbocycles. The number of aryl methyl sites for hydroxylation is 2. The first-order chi connectivity index (χ1) is 9.65. The maximum atomic E-state index is 12.4. The maximum Gasteiger partial charge on any atom is 0.276 e. The van der Waals surface area contributed by atoms with Crippen LogP contribution in [0.4, 0.5) is 5.13 Å². The summed E-state index contributed by atoms with van der Waals surface area (Å²) in [6, 6.07) is 1.82. The van der Waals surface area contributed by atoms with Gasteiger partial charge < -0.3 is 5.32 Å². The predicted molar refractivity (Wildman–Crippen MR) is 83.4 cm³/mol. The van der Waals surface area contributed by atoms with Gasteiger partial charge in [-0.2, -0.15) is 5.10 Å². The fourth-order valence-electron chi connectivity index (χ4n) is 1.95. The molecule has 2 heterocycles. The first-order valence-electron chi connectivity index (χ1n) is 6.94. The predicted octanol–water partition coefficient (Wildman–Crippen LogP) is 2.91. The molecule has 2 aromatic rings. The average molecular weight is 292 g/mol. The van der Waals surface area contributed by atoms with Gasteiger partial charge in [0, 0.05) is 18.5 Å². The molecule has 0 aliphatic carbocycles. The molecule has 2 rings (SSSR count). The molecule has 0 bridgehead atoms. The van der Waals surface area contributed by atoms with Crippen molar-refractivity contribution in [2.24, 2.45) is 0 Å². The lowest BCUT2D eigenvalue weighted by Crippen LogP contribution is -2.25. The molecule has 0 saturated heterocycles. The lowest BCUT2D eigenvalue weighted by atomic mass is 10.2. The van der Waals surface area contributed by atoms with Gasteiger partial charge in [0.25, 0.3) is 5.56 Å². The second kappa shape index (κ2) is 6.65. The maximum absolute atomic E-state index is 12.4. The van der Waals surface area contributed by atoms with Gasteiger partial charge in [-0.15, -0.1) is 11.3 Å². The number of nitrogens with zero attached hydrogens (tertiary/aromatic N) is 3. The van der Waals surface area contributed by atoms with E-state index in [-0.39, 0.29) is 5.56 Å². The Balaban J connectivity index is 2.39. The van der Waals surface area contributed by atoms with Crippen LogP contribution in [0.3, 0.4) is 0 Å². The molecule has 2 aromatic heterocycles. The number of anilines is 1. The van der Waals surface area contributed by atoms with Crippen molar-refractivity contribution < 1.29 is 0 Å². The summed E-state index contributed by atoms with van der Waals surface area (Å²) >= 11 is 1.52. The van der Waals surface area contributed by atoms with Crippen LogP contribution in [0.25, 0.3) is 11.3 Å². The first-order valence-corrected chi connectivity index (χ1v) is 7.82. The Labute approximate surface area is 122 Å². The Morgan fingerprint density at radius 3 is 2.90 bits per heavy atom. The molecule has 0 aliphatic heterocycles. The van der Waals surface area contributed by atoms with E-state index < -0.39 is 0 Å². The van der Waals surface area contributed by atoms with Crippen LogP contribution < -0.4 is 10.9 Å². The first kappa shape index (κ1) is 14.7. The van der Waals surface area contributed by atoms with E-state index in [2.05, 4.69) is 22.3 Å². The summed E-state index contributed by atoms with van der Waals surface area (Å²) in [6.45, 7) is 7.51. The molecule has 0 aromatic carbocycles. The van der Waals surface area contributed by atoms with E-state index in [0.717, 1.165) is 35.9 Å².